The summed E-state index contributed by atoms with van der Waals surface area (Å²) in [5.41, 5.74) is -0.110. The molecule has 96 valence electrons. The van der Waals surface area contributed by atoms with E-state index in [2.05, 4.69) is 10.3 Å². The first-order valence-corrected chi connectivity index (χ1v) is 5.70. The van der Waals surface area contributed by atoms with Gasteiger partial charge >= 0.3 is 5.97 Å². The highest BCUT2D eigenvalue weighted by atomic mass is 19.1. The average molecular weight is 252 g/mol. The molecule has 1 amide bonds. The second-order valence-corrected chi connectivity index (χ2v) is 4.37. The lowest BCUT2D eigenvalue weighted by Crippen LogP contribution is -2.38. The Bertz CT molecular complexity index is 474. The quantitative estimate of drug-likeness (QED) is 0.825. The maximum absolute atomic E-state index is 13.3. The summed E-state index contributed by atoms with van der Waals surface area (Å²) in [5.74, 6) is -2.08. The molecule has 1 atom stereocenters. The zero-order chi connectivity index (χ0) is 13.1. The number of carboxylic acids is 1. The molecule has 0 aromatic carbocycles. The monoisotopic (exact) mass is 252 g/mol. The topological polar surface area (TPSA) is 79.3 Å². The van der Waals surface area contributed by atoms with Gasteiger partial charge in [0.2, 0.25) is 0 Å². The summed E-state index contributed by atoms with van der Waals surface area (Å²) >= 11 is 0. The molecule has 1 heterocycles. The summed E-state index contributed by atoms with van der Waals surface area (Å²) in [6, 6.07) is 0.845. The van der Waals surface area contributed by atoms with Crippen molar-refractivity contribution < 1.29 is 19.1 Å². The van der Waals surface area contributed by atoms with E-state index in [-0.39, 0.29) is 17.9 Å². The van der Waals surface area contributed by atoms with E-state index in [4.69, 9.17) is 5.11 Å². The molecule has 0 radical (unpaired) electrons. The number of hydrogen-bond donors (Lipinski definition) is 2. The Morgan fingerprint density at radius 1 is 1.56 bits per heavy atom. The van der Waals surface area contributed by atoms with Crippen molar-refractivity contribution in [2.75, 3.05) is 0 Å². The number of halogens is 1. The molecule has 0 saturated heterocycles. The number of pyridine rings is 1. The Balaban J connectivity index is 2.05. The fraction of sp³-hybridized carbons (Fsp3) is 0.417. The average Bonchev–Trinajstić information content (AvgIpc) is 3.11. The number of nitrogens with one attached hydrogen (secondary N) is 1. The number of nitrogens with zero attached hydrogens (tertiary/aromatic N) is 1. The SMILES string of the molecule is O=C(O)CC(NC(=O)c1ccncc1F)C1CC1. The van der Waals surface area contributed by atoms with E-state index in [9.17, 15) is 14.0 Å². The minimum absolute atomic E-state index is 0.110. The first-order chi connectivity index (χ1) is 8.58. The Kier molecular flexibility index (Phi) is 3.55. The number of rotatable bonds is 5. The van der Waals surface area contributed by atoms with Gasteiger partial charge in [-0.05, 0) is 24.8 Å². The molecule has 2 rings (SSSR count). The molecule has 0 aliphatic heterocycles. The van der Waals surface area contributed by atoms with Gasteiger partial charge in [-0.15, -0.1) is 0 Å². The van der Waals surface area contributed by atoms with Crippen LogP contribution >= 0.6 is 0 Å². The smallest absolute Gasteiger partial charge is 0.305 e. The lowest BCUT2D eigenvalue weighted by Gasteiger charge is -2.16. The lowest BCUT2D eigenvalue weighted by atomic mass is 10.1. The minimum Gasteiger partial charge on any atom is -0.481 e. The van der Waals surface area contributed by atoms with Gasteiger partial charge in [0.05, 0.1) is 18.2 Å². The molecule has 1 aliphatic carbocycles. The van der Waals surface area contributed by atoms with E-state index in [0.717, 1.165) is 19.0 Å². The summed E-state index contributed by atoms with van der Waals surface area (Å²) in [6.45, 7) is 0. The van der Waals surface area contributed by atoms with Crippen molar-refractivity contribution in [1.29, 1.82) is 0 Å². The molecular weight excluding hydrogens is 239 g/mol. The van der Waals surface area contributed by atoms with E-state index in [1.165, 1.54) is 12.3 Å². The van der Waals surface area contributed by atoms with Crippen molar-refractivity contribution in [2.45, 2.75) is 25.3 Å². The first kappa shape index (κ1) is 12.5. The number of aliphatic carboxylic acids is 1. The van der Waals surface area contributed by atoms with Gasteiger partial charge in [-0.2, -0.15) is 0 Å². The van der Waals surface area contributed by atoms with E-state index in [1.807, 2.05) is 0 Å². The van der Waals surface area contributed by atoms with Crippen LogP contribution in [-0.2, 0) is 4.79 Å². The van der Waals surface area contributed by atoms with Crippen molar-refractivity contribution in [3.63, 3.8) is 0 Å². The fourth-order valence-corrected chi connectivity index (χ4v) is 1.83. The van der Waals surface area contributed by atoms with Crippen LogP contribution in [0, 0.1) is 11.7 Å². The molecule has 1 aromatic heterocycles. The van der Waals surface area contributed by atoms with Crippen LogP contribution in [0.15, 0.2) is 18.5 Å². The van der Waals surface area contributed by atoms with Crippen molar-refractivity contribution >= 4 is 11.9 Å². The van der Waals surface area contributed by atoms with Crippen LogP contribution in [0.1, 0.15) is 29.6 Å². The van der Waals surface area contributed by atoms with E-state index in [0.29, 0.717) is 0 Å². The predicted octanol–water partition coefficient (Wildman–Crippen LogP) is 1.20. The van der Waals surface area contributed by atoms with Crippen LogP contribution in [0.3, 0.4) is 0 Å². The Morgan fingerprint density at radius 3 is 2.83 bits per heavy atom. The van der Waals surface area contributed by atoms with Crippen LogP contribution < -0.4 is 5.32 Å². The molecule has 1 aromatic rings. The third kappa shape index (κ3) is 3.03. The molecule has 1 saturated carbocycles. The molecule has 1 fully saturated rings. The lowest BCUT2D eigenvalue weighted by molar-refractivity contribution is -0.137. The second-order valence-electron chi connectivity index (χ2n) is 4.37. The highest BCUT2D eigenvalue weighted by molar-refractivity contribution is 5.94. The molecule has 6 heteroatoms. The molecule has 5 nitrogen and oxygen atoms in total. The van der Waals surface area contributed by atoms with Gasteiger partial charge in [-0.25, -0.2) is 4.39 Å². The zero-order valence-electron chi connectivity index (χ0n) is 9.60. The minimum atomic E-state index is -0.970. The number of amides is 1. The standard InChI is InChI=1S/C12H13FN2O3/c13-9-6-14-4-3-8(9)12(18)15-10(5-11(16)17)7-1-2-7/h3-4,6-7,10H,1-2,5H2,(H,15,18)(H,16,17). The third-order valence-corrected chi connectivity index (χ3v) is 2.92. The summed E-state index contributed by atoms with van der Waals surface area (Å²) in [4.78, 5) is 26.1. The third-order valence-electron chi connectivity index (χ3n) is 2.92. The van der Waals surface area contributed by atoms with Crippen LogP contribution in [0.4, 0.5) is 4.39 Å². The Hall–Kier alpha value is -1.98. The van der Waals surface area contributed by atoms with Crippen molar-refractivity contribution in [1.82, 2.24) is 10.3 Å². The van der Waals surface area contributed by atoms with Crippen molar-refractivity contribution in [3.05, 3.63) is 29.8 Å². The van der Waals surface area contributed by atoms with Crippen molar-refractivity contribution in [3.8, 4) is 0 Å². The predicted molar refractivity (Wildman–Crippen MR) is 60.4 cm³/mol. The molecule has 0 spiro atoms. The summed E-state index contributed by atoms with van der Waals surface area (Å²) < 4.78 is 13.3. The number of carbonyl (C=O) groups is 2. The molecule has 0 bridgehead atoms. The van der Waals surface area contributed by atoms with Crippen LogP contribution in [0.2, 0.25) is 0 Å². The van der Waals surface area contributed by atoms with Gasteiger partial charge in [-0.3, -0.25) is 14.6 Å². The number of carboxylic acid groups (broad SMARTS) is 1. The summed E-state index contributed by atoms with van der Waals surface area (Å²) in [6.07, 6.45) is 3.94. The van der Waals surface area contributed by atoms with Crippen LogP contribution in [-0.4, -0.2) is 28.0 Å². The molecule has 18 heavy (non-hydrogen) atoms. The maximum atomic E-state index is 13.3. The Labute approximate surface area is 103 Å². The zero-order valence-corrected chi connectivity index (χ0v) is 9.60. The fourth-order valence-electron chi connectivity index (χ4n) is 1.83. The normalized spacial score (nSPS) is 16.1. The summed E-state index contributed by atoms with van der Waals surface area (Å²) in [5, 5.41) is 11.3. The van der Waals surface area contributed by atoms with Gasteiger partial charge in [0, 0.05) is 12.2 Å². The van der Waals surface area contributed by atoms with Crippen molar-refractivity contribution in [2.24, 2.45) is 5.92 Å². The Morgan fingerprint density at radius 2 is 2.28 bits per heavy atom. The van der Waals surface area contributed by atoms with E-state index < -0.39 is 23.7 Å². The molecule has 1 aliphatic rings. The van der Waals surface area contributed by atoms with Gasteiger partial charge in [0.25, 0.3) is 5.91 Å². The van der Waals surface area contributed by atoms with Gasteiger partial charge in [0.15, 0.2) is 5.82 Å². The highest BCUT2D eigenvalue weighted by Crippen LogP contribution is 2.34. The van der Waals surface area contributed by atoms with Crippen LogP contribution in [0.5, 0.6) is 0 Å². The highest BCUT2D eigenvalue weighted by Gasteiger charge is 2.34. The number of carbonyl (C=O) groups excluding carboxylic acids is 1. The van der Waals surface area contributed by atoms with E-state index in [1.54, 1.807) is 0 Å². The van der Waals surface area contributed by atoms with Gasteiger partial charge in [0.1, 0.15) is 0 Å². The largest absolute Gasteiger partial charge is 0.481 e. The van der Waals surface area contributed by atoms with Crippen LogP contribution in [0.25, 0.3) is 0 Å². The first-order valence-electron chi connectivity index (χ1n) is 5.70. The molecule has 2 N–H and O–H groups in total. The van der Waals surface area contributed by atoms with E-state index >= 15 is 0 Å². The number of aromatic nitrogens is 1. The number of hydrogen-bond acceptors (Lipinski definition) is 3. The summed E-state index contributed by atoms with van der Waals surface area (Å²) in [7, 11) is 0. The second kappa shape index (κ2) is 5.12. The van der Waals surface area contributed by atoms with Gasteiger partial charge in [-0.1, -0.05) is 0 Å². The molecular formula is C12H13FN2O3. The van der Waals surface area contributed by atoms with Gasteiger partial charge < -0.3 is 10.4 Å². The molecule has 1 unspecified atom stereocenters. The maximum Gasteiger partial charge on any atom is 0.305 e.